The first-order valence-electron chi connectivity index (χ1n) is 9.39. The van der Waals surface area contributed by atoms with E-state index in [1.54, 1.807) is 12.1 Å². The summed E-state index contributed by atoms with van der Waals surface area (Å²) >= 11 is 20.1. The molecule has 1 N–H and O–H groups in total. The number of hydrazone groups is 1. The van der Waals surface area contributed by atoms with Crippen LogP contribution in [0.25, 0.3) is 0 Å². The van der Waals surface area contributed by atoms with Gasteiger partial charge < -0.3 is 5.32 Å². The Kier molecular flexibility index (Phi) is 6.16. The van der Waals surface area contributed by atoms with Crippen LogP contribution in [0.2, 0.25) is 14.4 Å². The zero-order chi connectivity index (χ0) is 19.7. The number of carbonyl (C=O) groups excluding carboxylic acids is 1. The number of benzene rings is 1. The molecule has 0 bridgehead atoms. The van der Waals surface area contributed by atoms with Gasteiger partial charge in [0, 0.05) is 22.4 Å². The molecule has 2 aliphatic rings. The van der Waals surface area contributed by atoms with E-state index in [0.717, 1.165) is 23.4 Å². The number of halogens is 3. The molecule has 1 aromatic heterocycles. The fourth-order valence-electron chi connectivity index (χ4n) is 3.78. The topological polar surface area (TPSA) is 44.7 Å². The predicted octanol–water partition coefficient (Wildman–Crippen LogP) is 6.46. The SMILES string of the molecule is O=C(NC1CCCCC1)C1=NN(c2ccc(Cl)cc2Cl)C(c2ccc(Cl)s2)C1. The van der Waals surface area contributed by atoms with Crippen LogP contribution in [0.4, 0.5) is 5.69 Å². The summed E-state index contributed by atoms with van der Waals surface area (Å²) in [5, 5.41) is 10.7. The summed E-state index contributed by atoms with van der Waals surface area (Å²) in [6, 6.07) is 9.26. The highest BCUT2D eigenvalue weighted by Crippen LogP contribution is 2.42. The maximum Gasteiger partial charge on any atom is 0.267 e. The van der Waals surface area contributed by atoms with Gasteiger partial charge in [-0.05, 0) is 43.2 Å². The number of carbonyl (C=O) groups is 1. The molecule has 4 rings (SSSR count). The number of rotatable bonds is 4. The van der Waals surface area contributed by atoms with Crippen molar-refractivity contribution in [1.29, 1.82) is 0 Å². The van der Waals surface area contributed by atoms with Gasteiger partial charge in [0.05, 0.1) is 21.1 Å². The van der Waals surface area contributed by atoms with Crippen molar-refractivity contribution in [2.45, 2.75) is 50.6 Å². The van der Waals surface area contributed by atoms with Gasteiger partial charge in [0.25, 0.3) is 5.91 Å². The van der Waals surface area contributed by atoms with Crippen molar-refractivity contribution in [2.75, 3.05) is 5.01 Å². The number of thiophene rings is 1. The minimum atomic E-state index is -0.122. The molecule has 1 unspecified atom stereocenters. The molecule has 1 fully saturated rings. The molecule has 28 heavy (non-hydrogen) atoms. The smallest absolute Gasteiger partial charge is 0.267 e. The highest BCUT2D eigenvalue weighted by Gasteiger charge is 2.35. The Hall–Kier alpha value is -1.27. The number of anilines is 1. The molecule has 1 aromatic carbocycles. The third-order valence-corrected chi connectivity index (χ3v) is 7.06. The third kappa shape index (κ3) is 4.33. The lowest BCUT2D eigenvalue weighted by molar-refractivity contribution is -0.115. The summed E-state index contributed by atoms with van der Waals surface area (Å²) in [4.78, 5) is 13.9. The van der Waals surface area contributed by atoms with Crippen LogP contribution in [-0.4, -0.2) is 17.7 Å². The van der Waals surface area contributed by atoms with Crippen molar-refractivity contribution in [1.82, 2.24) is 5.32 Å². The minimum absolute atomic E-state index is 0.0906. The van der Waals surface area contributed by atoms with E-state index in [0.29, 0.717) is 26.5 Å². The Morgan fingerprint density at radius 2 is 1.89 bits per heavy atom. The average Bonchev–Trinajstić information content (AvgIpc) is 3.29. The molecular weight excluding hydrogens is 437 g/mol. The van der Waals surface area contributed by atoms with Crippen LogP contribution in [0.3, 0.4) is 0 Å². The molecule has 4 nitrogen and oxygen atoms in total. The molecule has 0 spiro atoms. The van der Waals surface area contributed by atoms with Crippen molar-refractivity contribution in [3.05, 3.63) is 49.6 Å². The molecule has 1 aliphatic carbocycles. The van der Waals surface area contributed by atoms with Crippen molar-refractivity contribution >= 4 is 63.4 Å². The Balaban J connectivity index is 1.61. The number of nitrogens with one attached hydrogen (secondary N) is 1. The molecule has 148 valence electrons. The van der Waals surface area contributed by atoms with Gasteiger partial charge in [-0.1, -0.05) is 54.1 Å². The molecule has 1 aliphatic heterocycles. The summed E-state index contributed by atoms with van der Waals surface area (Å²) in [6.45, 7) is 0. The lowest BCUT2D eigenvalue weighted by Crippen LogP contribution is -2.39. The zero-order valence-electron chi connectivity index (χ0n) is 15.1. The van der Waals surface area contributed by atoms with Crippen LogP contribution in [0.5, 0.6) is 0 Å². The van der Waals surface area contributed by atoms with E-state index >= 15 is 0 Å². The van der Waals surface area contributed by atoms with Gasteiger partial charge in [0.2, 0.25) is 0 Å². The van der Waals surface area contributed by atoms with Gasteiger partial charge in [-0.15, -0.1) is 11.3 Å². The number of hydrogen-bond donors (Lipinski definition) is 1. The first kappa shape index (κ1) is 20.0. The first-order valence-corrected chi connectivity index (χ1v) is 11.3. The van der Waals surface area contributed by atoms with Gasteiger partial charge in [-0.2, -0.15) is 5.10 Å². The largest absolute Gasteiger partial charge is 0.348 e. The highest BCUT2D eigenvalue weighted by atomic mass is 35.5. The molecule has 2 aromatic rings. The van der Waals surface area contributed by atoms with E-state index < -0.39 is 0 Å². The number of hydrogen-bond acceptors (Lipinski definition) is 4. The van der Waals surface area contributed by atoms with E-state index in [1.807, 2.05) is 23.2 Å². The van der Waals surface area contributed by atoms with Gasteiger partial charge in [-0.3, -0.25) is 9.80 Å². The molecule has 1 saturated carbocycles. The minimum Gasteiger partial charge on any atom is -0.348 e. The van der Waals surface area contributed by atoms with Gasteiger partial charge in [-0.25, -0.2) is 0 Å². The fraction of sp³-hybridized carbons (Fsp3) is 0.400. The second kappa shape index (κ2) is 8.62. The summed E-state index contributed by atoms with van der Waals surface area (Å²) in [6.07, 6.45) is 6.16. The van der Waals surface area contributed by atoms with E-state index in [9.17, 15) is 4.79 Å². The molecule has 0 radical (unpaired) electrons. The zero-order valence-corrected chi connectivity index (χ0v) is 18.2. The number of amides is 1. The lowest BCUT2D eigenvalue weighted by Gasteiger charge is -2.23. The lowest BCUT2D eigenvalue weighted by atomic mass is 9.95. The van der Waals surface area contributed by atoms with Crippen LogP contribution < -0.4 is 10.3 Å². The third-order valence-electron chi connectivity index (χ3n) is 5.19. The van der Waals surface area contributed by atoms with Crippen molar-refractivity contribution in [3.8, 4) is 0 Å². The monoisotopic (exact) mass is 455 g/mol. The standard InChI is InChI=1S/C20H20Cl3N3OS/c21-12-6-7-16(14(22)10-12)26-17(18-8-9-19(23)28-18)11-15(25-26)20(27)24-13-4-2-1-3-5-13/h6-10,13,17H,1-5,11H2,(H,24,27). The first-order chi connectivity index (χ1) is 13.5. The molecule has 1 atom stereocenters. The molecule has 8 heteroatoms. The van der Waals surface area contributed by atoms with E-state index in [1.165, 1.54) is 30.6 Å². The van der Waals surface area contributed by atoms with E-state index in [2.05, 4.69) is 10.4 Å². The fourth-order valence-corrected chi connectivity index (χ4v) is 5.42. The normalized spacial score (nSPS) is 20.3. The molecule has 2 heterocycles. The van der Waals surface area contributed by atoms with Gasteiger partial charge in [0.15, 0.2) is 0 Å². The van der Waals surface area contributed by atoms with Gasteiger partial charge >= 0.3 is 0 Å². The van der Waals surface area contributed by atoms with Crippen molar-refractivity contribution < 1.29 is 4.79 Å². The van der Waals surface area contributed by atoms with Crippen molar-refractivity contribution in [3.63, 3.8) is 0 Å². The van der Waals surface area contributed by atoms with Crippen LogP contribution in [0.15, 0.2) is 35.4 Å². The summed E-state index contributed by atoms with van der Waals surface area (Å²) < 4.78 is 0.706. The summed E-state index contributed by atoms with van der Waals surface area (Å²) in [7, 11) is 0. The molecule has 1 amide bonds. The summed E-state index contributed by atoms with van der Waals surface area (Å²) in [5.41, 5.74) is 1.24. The van der Waals surface area contributed by atoms with Crippen molar-refractivity contribution in [2.24, 2.45) is 5.10 Å². The molecule has 0 saturated heterocycles. The quantitative estimate of drug-likeness (QED) is 0.573. The Bertz CT molecular complexity index is 908. The summed E-state index contributed by atoms with van der Waals surface area (Å²) in [5.74, 6) is -0.0906. The van der Waals surface area contributed by atoms with Crippen LogP contribution >= 0.6 is 46.1 Å². The Morgan fingerprint density at radius 1 is 1.11 bits per heavy atom. The van der Waals surface area contributed by atoms with E-state index in [-0.39, 0.29) is 18.0 Å². The number of nitrogens with zero attached hydrogens (tertiary/aromatic N) is 2. The second-order valence-electron chi connectivity index (χ2n) is 7.16. The van der Waals surface area contributed by atoms with E-state index in [4.69, 9.17) is 34.8 Å². The van der Waals surface area contributed by atoms with Crippen LogP contribution in [0.1, 0.15) is 49.4 Å². The Morgan fingerprint density at radius 3 is 2.57 bits per heavy atom. The van der Waals surface area contributed by atoms with Crippen LogP contribution in [-0.2, 0) is 4.79 Å². The maximum absolute atomic E-state index is 12.9. The van der Waals surface area contributed by atoms with Crippen LogP contribution in [0, 0.1) is 0 Å². The maximum atomic E-state index is 12.9. The highest BCUT2D eigenvalue weighted by molar-refractivity contribution is 7.16. The van der Waals surface area contributed by atoms with Gasteiger partial charge in [0.1, 0.15) is 5.71 Å². The molecular formula is C20H20Cl3N3OS. The average molecular weight is 457 g/mol. The Labute approximate surface area is 183 Å². The predicted molar refractivity (Wildman–Crippen MR) is 118 cm³/mol. The second-order valence-corrected chi connectivity index (χ2v) is 9.75.